The zero-order chi connectivity index (χ0) is 9.97. The summed E-state index contributed by atoms with van der Waals surface area (Å²) >= 11 is 5.05. The van der Waals surface area contributed by atoms with Gasteiger partial charge >= 0.3 is 0 Å². The Bertz CT molecular complexity index is 419. The van der Waals surface area contributed by atoms with E-state index >= 15 is 0 Å². The monoisotopic (exact) mass is 304 g/mol. The highest BCUT2D eigenvalue weighted by molar-refractivity contribution is 9.10. The highest BCUT2D eigenvalue weighted by atomic mass is 79.9. The number of hydrogen-bond donors (Lipinski definition) is 1. The van der Waals surface area contributed by atoms with Gasteiger partial charge in [0.25, 0.3) is 0 Å². The van der Waals surface area contributed by atoms with Crippen LogP contribution in [0, 0.1) is 0 Å². The van der Waals surface area contributed by atoms with Crippen LogP contribution >= 0.6 is 39.7 Å². The molecule has 0 fully saturated rings. The molecule has 0 unspecified atom stereocenters. The minimum atomic E-state index is -0.0932. The zero-order valence-corrected chi connectivity index (χ0v) is 11.0. The molecule has 2 nitrogen and oxygen atoms in total. The highest BCUT2D eigenvalue weighted by Gasteiger charge is 2.12. The molecule has 0 aliphatic rings. The van der Waals surface area contributed by atoms with Crippen molar-refractivity contribution < 1.29 is 0 Å². The Labute approximate surface area is 107 Å². The number of nitrogens with two attached hydrogens (primary N) is 1. The van der Waals surface area contributed by atoms with Crippen LogP contribution in [0.3, 0.4) is 0 Å². The van der Waals surface area contributed by atoms with Crippen LogP contribution in [-0.2, 0) is 0 Å². The van der Waals surface area contributed by atoms with Crippen molar-refractivity contribution in [3.8, 4) is 0 Å². The molecule has 80 valence electrons. The van der Waals surface area contributed by atoms with Gasteiger partial charge in [-0.1, -0.05) is 6.07 Å². The van der Waals surface area contributed by atoms with Gasteiger partial charge in [0.1, 0.15) is 4.60 Å². The molecule has 2 heterocycles. The first kappa shape index (κ1) is 12.6. The van der Waals surface area contributed by atoms with E-state index in [4.69, 9.17) is 5.73 Å². The van der Waals surface area contributed by atoms with E-state index in [0.29, 0.717) is 0 Å². The molecular weight excluding hydrogens is 296 g/mol. The van der Waals surface area contributed by atoms with Crippen LogP contribution in [0.2, 0.25) is 0 Å². The molecule has 0 saturated heterocycles. The molecule has 1 atom stereocenters. The van der Waals surface area contributed by atoms with Crippen molar-refractivity contribution in [3.05, 3.63) is 50.9 Å². The number of rotatable bonds is 2. The van der Waals surface area contributed by atoms with Crippen LogP contribution in [0.1, 0.15) is 17.2 Å². The lowest BCUT2D eigenvalue weighted by Crippen LogP contribution is -2.11. The summed E-state index contributed by atoms with van der Waals surface area (Å²) in [6.07, 6.45) is 1.74. The summed E-state index contributed by atoms with van der Waals surface area (Å²) in [5.41, 5.74) is 8.25. The lowest BCUT2D eigenvalue weighted by atomic mass is 10.0. The van der Waals surface area contributed by atoms with E-state index in [1.165, 1.54) is 0 Å². The molecular formula is C10H10BrClN2S. The van der Waals surface area contributed by atoms with E-state index in [-0.39, 0.29) is 18.4 Å². The van der Waals surface area contributed by atoms with Crippen LogP contribution in [0.4, 0.5) is 0 Å². The maximum atomic E-state index is 6.10. The number of halogens is 2. The van der Waals surface area contributed by atoms with E-state index in [0.717, 1.165) is 15.7 Å². The maximum absolute atomic E-state index is 6.10. The summed E-state index contributed by atoms with van der Waals surface area (Å²) in [5, 5.41) is 4.09. The van der Waals surface area contributed by atoms with Gasteiger partial charge in [-0.05, 0) is 44.4 Å². The number of hydrogen-bond acceptors (Lipinski definition) is 3. The smallest absolute Gasteiger partial charge is 0.111 e. The molecule has 0 aromatic carbocycles. The Kier molecular flexibility index (Phi) is 4.73. The summed E-state index contributed by atoms with van der Waals surface area (Å²) < 4.78 is 0.818. The summed E-state index contributed by atoms with van der Waals surface area (Å²) in [6.45, 7) is 0. The van der Waals surface area contributed by atoms with Gasteiger partial charge in [-0.2, -0.15) is 11.3 Å². The molecule has 0 saturated carbocycles. The Balaban J connectivity index is 0.00000112. The van der Waals surface area contributed by atoms with Crippen molar-refractivity contribution in [2.75, 3.05) is 0 Å². The van der Waals surface area contributed by atoms with Crippen LogP contribution in [0.5, 0.6) is 0 Å². The first-order valence-corrected chi connectivity index (χ1v) is 5.90. The molecule has 0 aliphatic carbocycles. The maximum Gasteiger partial charge on any atom is 0.111 e. The van der Waals surface area contributed by atoms with Gasteiger partial charge in [0.15, 0.2) is 0 Å². The number of nitrogens with zero attached hydrogens (tertiary/aromatic N) is 1. The second kappa shape index (κ2) is 5.61. The van der Waals surface area contributed by atoms with Crippen molar-refractivity contribution >= 4 is 39.7 Å². The van der Waals surface area contributed by atoms with Crippen LogP contribution in [-0.4, -0.2) is 4.98 Å². The molecule has 0 aliphatic heterocycles. The van der Waals surface area contributed by atoms with E-state index in [9.17, 15) is 0 Å². The standard InChI is InChI=1S/C10H9BrN2S.ClH/c11-10-8(2-1-4-13-10)9(12)7-3-5-14-6-7;/h1-6,9H,12H2;1H/t9-;/m1./s1. The van der Waals surface area contributed by atoms with E-state index < -0.39 is 0 Å². The van der Waals surface area contributed by atoms with E-state index in [1.54, 1.807) is 17.5 Å². The Morgan fingerprint density at radius 2 is 2.20 bits per heavy atom. The molecule has 2 N–H and O–H groups in total. The molecule has 5 heteroatoms. The average Bonchev–Trinajstić information content (AvgIpc) is 2.70. The molecule has 0 bridgehead atoms. The molecule has 15 heavy (non-hydrogen) atoms. The summed E-state index contributed by atoms with van der Waals surface area (Å²) in [4.78, 5) is 4.15. The Morgan fingerprint density at radius 3 is 2.80 bits per heavy atom. The fourth-order valence-corrected chi connectivity index (χ4v) is 2.46. The predicted octanol–water partition coefficient (Wildman–Crippen LogP) is 3.38. The van der Waals surface area contributed by atoms with Crippen molar-refractivity contribution in [2.45, 2.75) is 6.04 Å². The molecule has 2 aromatic heterocycles. The third-order valence-electron chi connectivity index (χ3n) is 2.03. The number of pyridine rings is 1. The van der Waals surface area contributed by atoms with Crippen LogP contribution in [0.25, 0.3) is 0 Å². The second-order valence-electron chi connectivity index (χ2n) is 2.92. The fraction of sp³-hybridized carbons (Fsp3) is 0.100. The Morgan fingerprint density at radius 1 is 1.40 bits per heavy atom. The topological polar surface area (TPSA) is 38.9 Å². The van der Waals surface area contributed by atoms with Gasteiger partial charge in [-0.3, -0.25) is 0 Å². The van der Waals surface area contributed by atoms with Crippen molar-refractivity contribution in [2.24, 2.45) is 5.73 Å². The minimum absolute atomic E-state index is 0. The SMILES string of the molecule is Cl.N[C@H](c1ccsc1)c1cccnc1Br. The van der Waals surface area contributed by atoms with Gasteiger partial charge in [-0.25, -0.2) is 4.98 Å². The molecule has 0 spiro atoms. The molecule has 2 aromatic rings. The van der Waals surface area contributed by atoms with Crippen LogP contribution < -0.4 is 5.73 Å². The van der Waals surface area contributed by atoms with Gasteiger partial charge < -0.3 is 5.73 Å². The molecule has 0 radical (unpaired) electrons. The predicted molar refractivity (Wildman–Crippen MR) is 69.5 cm³/mol. The highest BCUT2D eigenvalue weighted by Crippen LogP contribution is 2.25. The average molecular weight is 306 g/mol. The van der Waals surface area contributed by atoms with Crippen molar-refractivity contribution in [1.29, 1.82) is 0 Å². The molecule has 2 rings (SSSR count). The van der Waals surface area contributed by atoms with E-state index in [1.807, 2.05) is 23.6 Å². The normalized spacial score (nSPS) is 11.9. The minimum Gasteiger partial charge on any atom is -0.320 e. The quantitative estimate of drug-likeness (QED) is 0.864. The van der Waals surface area contributed by atoms with Crippen molar-refractivity contribution in [3.63, 3.8) is 0 Å². The van der Waals surface area contributed by atoms with Gasteiger partial charge in [0.2, 0.25) is 0 Å². The first-order chi connectivity index (χ1) is 6.79. The van der Waals surface area contributed by atoms with E-state index in [2.05, 4.69) is 26.3 Å². The fourth-order valence-electron chi connectivity index (χ4n) is 1.26. The van der Waals surface area contributed by atoms with Gasteiger partial charge in [-0.15, -0.1) is 12.4 Å². The number of aromatic nitrogens is 1. The summed E-state index contributed by atoms with van der Waals surface area (Å²) in [7, 11) is 0. The Hall–Kier alpha value is -0.420. The van der Waals surface area contributed by atoms with Crippen molar-refractivity contribution in [1.82, 2.24) is 4.98 Å². The third-order valence-corrected chi connectivity index (χ3v) is 3.39. The zero-order valence-electron chi connectivity index (χ0n) is 7.76. The largest absolute Gasteiger partial charge is 0.320 e. The number of thiophene rings is 1. The summed E-state index contributed by atoms with van der Waals surface area (Å²) in [5.74, 6) is 0. The molecule has 0 amide bonds. The lowest BCUT2D eigenvalue weighted by Gasteiger charge is -2.11. The lowest BCUT2D eigenvalue weighted by molar-refractivity contribution is 0.859. The van der Waals surface area contributed by atoms with Gasteiger partial charge in [0, 0.05) is 11.8 Å². The second-order valence-corrected chi connectivity index (χ2v) is 4.45. The van der Waals surface area contributed by atoms with Gasteiger partial charge in [0.05, 0.1) is 6.04 Å². The summed E-state index contributed by atoms with van der Waals surface area (Å²) in [6, 6.07) is 5.82. The van der Waals surface area contributed by atoms with Crippen LogP contribution in [0.15, 0.2) is 39.8 Å². The first-order valence-electron chi connectivity index (χ1n) is 4.17. The third kappa shape index (κ3) is 2.78.